The van der Waals surface area contributed by atoms with Gasteiger partial charge in [0.05, 0.1) is 6.61 Å². The van der Waals surface area contributed by atoms with Gasteiger partial charge in [-0.2, -0.15) is 0 Å². The Kier molecular flexibility index (Phi) is 6.26. The lowest BCUT2D eigenvalue weighted by Crippen LogP contribution is -2.16. The van der Waals surface area contributed by atoms with Gasteiger partial charge in [-0.15, -0.1) is 0 Å². The highest BCUT2D eigenvalue weighted by Gasteiger charge is 2.10. The summed E-state index contributed by atoms with van der Waals surface area (Å²) in [5.74, 6) is 0. The molecule has 0 heterocycles. The quantitative estimate of drug-likeness (QED) is 0.509. The molecule has 0 aliphatic rings. The minimum atomic E-state index is -1.32. The van der Waals surface area contributed by atoms with Crippen molar-refractivity contribution in [2.75, 3.05) is 6.61 Å². The molecule has 0 spiro atoms. The third-order valence-corrected chi connectivity index (χ3v) is 1.62. The Bertz CT molecular complexity index is 190. The Morgan fingerprint density at radius 3 is 2.36 bits per heavy atom. The van der Waals surface area contributed by atoms with Gasteiger partial charge in [-0.3, -0.25) is 0 Å². The van der Waals surface area contributed by atoms with E-state index in [2.05, 4.69) is 9.47 Å². The van der Waals surface area contributed by atoms with Crippen LogP contribution in [0.15, 0.2) is 0 Å². The maximum Gasteiger partial charge on any atom is 0.506 e. The normalized spacial score (nSPS) is 11.8. The number of rotatable bonds is 6. The van der Waals surface area contributed by atoms with Crippen molar-refractivity contribution in [2.45, 2.75) is 32.3 Å². The summed E-state index contributed by atoms with van der Waals surface area (Å²) in [7, 11) is 0. The van der Waals surface area contributed by atoms with E-state index in [1.807, 2.05) is 0 Å². The molecule has 0 fully saturated rings. The first-order chi connectivity index (χ1) is 6.56. The largest absolute Gasteiger partial charge is 0.506 e. The first kappa shape index (κ1) is 12.5. The topological polar surface area (TPSA) is 93.1 Å². The summed E-state index contributed by atoms with van der Waals surface area (Å²) in [4.78, 5) is 20.1. The summed E-state index contributed by atoms with van der Waals surface area (Å²) < 4.78 is 8.78. The van der Waals surface area contributed by atoms with Crippen LogP contribution in [0, 0.1) is 0 Å². The molecule has 6 heteroatoms. The molecule has 0 rings (SSSR count). The summed E-state index contributed by atoms with van der Waals surface area (Å²) in [5, 5.41) is 16.4. The van der Waals surface area contributed by atoms with Crippen LogP contribution in [-0.4, -0.2) is 35.2 Å². The highest BCUT2D eigenvalue weighted by molar-refractivity contribution is 5.57. The SMILES string of the molecule is CCC(CCCOC(=O)O)OC(=O)O. The van der Waals surface area contributed by atoms with Gasteiger partial charge >= 0.3 is 12.3 Å². The molecule has 14 heavy (non-hydrogen) atoms. The van der Waals surface area contributed by atoms with E-state index < -0.39 is 12.3 Å². The Morgan fingerprint density at radius 1 is 1.29 bits per heavy atom. The molecular formula is C8H14O6. The molecule has 2 N–H and O–H groups in total. The van der Waals surface area contributed by atoms with E-state index in [1.54, 1.807) is 6.92 Å². The predicted octanol–water partition coefficient (Wildman–Crippen LogP) is 1.93. The van der Waals surface area contributed by atoms with Crippen LogP contribution < -0.4 is 0 Å². The molecule has 0 radical (unpaired) electrons. The molecule has 0 aliphatic heterocycles. The molecule has 1 unspecified atom stereocenters. The van der Waals surface area contributed by atoms with Gasteiger partial charge in [-0.05, 0) is 19.3 Å². The third kappa shape index (κ3) is 7.20. The van der Waals surface area contributed by atoms with Crippen LogP contribution in [0.3, 0.4) is 0 Å². The Morgan fingerprint density at radius 2 is 1.93 bits per heavy atom. The van der Waals surface area contributed by atoms with Crippen molar-refractivity contribution in [3.8, 4) is 0 Å². The number of carboxylic acid groups (broad SMARTS) is 2. The first-order valence-electron chi connectivity index (χ1n) is 4.31. The zero-order valence-electron chi connectivity index (χ0n) is 7.93. The summed E-state index contributed by atoms with van der Waals surface area (Å²) >= 11 is 0. The van der Waals surface area contributed by atoms with Crippen molar-refractivity contribution >= 4 is 12.3 Å². The smallest absolute Gasteiger partial charge is 0.450 e. The number of ether oxygens (including phenoxy) is 2. The number of hydrogen-bond acceptors (Lipinski definition) is 4. The first-order valence-corrected chi connectivity index (χ1v) is 4.31. The van der Waals surface area contributed by atoms with Crippen LogP contribution in [0.4, 0.5) is 9.59 Å². The monoisotopic (exact) mass is 206 g/mol. The zero-order chi connectivity index (χ0) is 11.0. The molecule has 0 saturated heterocycles. The second kappa shape index (κ2) is 6.99. The van der Waals surface area contributed by atoms with Gasteiger partial charge in [0.1, 0.15) is 6.10 Å². The molecule has 1 atom stereocenters. The van der Waals surface area contributed by atoms with Crippen LogP contribution in [0.2, 0.25) is 0 Å². The van der Waals surface area contributed by atoms with Gasteiger partial charge in [0.25, 0.3) is 0 Å². The summed E-state index contributed by atoms with van der Waals surface area (Å²) in [5.41, 5.74) is 0. The molecule has 0 aromatic carbocycles. The van der Waals surface area contributed by atoms with Crippen LogP contribution in [0.1, 0.15) is 26.2 Å². The van der Waals surface area contributed by atoms with E-state index in [1.165, 1.54) is 0 Å². The maximum absolute atomic E-state index is 10.2. The molecule has 0 aliphatic carbocycles. The highest BCUT2D eigenvalue weighted by Crippen LogP contribution is 2.07. The fraction of sp³-hybridized carbons (Fsp3) is 0.750. The van der Waals surface area contributed by atoms with E-state index >= 15 is 0 Å². The summed E-state index contributed by atoms with van der Waals surface area (Å²) in [6, 6.07) is 0. The lowest BCUT2D eigenvalue weighted by Gasteiger charge is -2.12. The van der Waals surface area contributed by atoms with E-state index in [0.717, 1.165) is 0 Å². The van der Waals surface area contributed by atoms with Crippen LogP contribution >= 0.6 is 0 Å². The van der Waals surface area contributed by atoms with Crippen molar-refractivity contribution in [3.05, 3.63) is 0 Å². The van der Waals surface area contributed by atoms with Crippen molar-refractivity contribution in [3.63, 3.8) is 0 Å². The average Bonchev–Trinajstić information content (AvgIpc) is 2.09. The van der Waals surface area contributed by atoms with Crippen LogP contribution in [-0.2, 0) is 9.47 Å². The van der Waals surface area contributed by atoms with Crippen LogP contribution in [0.25, 0.3) is 0 Å². The molecule has 0 aromatic heterocycles. The Labute approximate surface area is 81.4 Å². The average molecular weight is 206 g/mol. The third-order valence-electron chi connectivity index (χ3n) is 1.62. The van der Waals surface area contributed by atoms with Crippen molar-refractivity contribution < 1.29 is 29.3 Å². The van der Waals surface area contributed by atoms with E-state index in [9.17, 15) is 9.59 Å². The van der Waals surface area contributed by atoms with E-state index in [-0.39, 0.29) is 12.7 Å². The summed E-state index contributed by atoms with van der Waals surface area (Å²) in [6.45, 7) is 1.86. The lowest BCUT2D eigenvalue weighted by molar-refractivity contribution is 0.0397. The molecule has 6 nitrogen and oxygen atoms in total. The van der Waals surface area contributed by atoms with Gasteiger partial charge in [0, 0.05) is 0 Å². The molecule has 0 aromatic rings. The van der Waals surface area contributed by atoms with Gasteiger partial charge < -0.3 is 19.7 Å². The number of carbonyl (C=O) groups is 2. The number of hydrogen-bond donors (Lipinski definition) is 2. The zero-order valence-corrected chi connectivity index (χ0v) is 7.93. The summed E-state index contributed by atoms with van der Waals surface area (Å²) in [6.07, 6.45) is -1.52. The van der Waals surface area contributed by atoms with Gasteiger partial charge in [-0.1, -0.05) is 6.92 Å². The second-order valence-corrected chi connectivity index (χ2v) is 2.67. The van der Waals surface area contributed by atoms with Gasteiger partial charge in [0.15, 0.2) is 0 Å². The molecule has 82 valence electrons. The predicted molar refractivity (Wildman–Crippen MR) is 46.4 cm³/mol. The van der Waals surface area contributed by atoms with E-state index in [0.29, 0.717) is 19.3 Å². The molecule has 0 amide bonds. The minimum absolute atomic E-state index is 0.0643. The second-order valence-electron chi connectivity index (χ2n) is 2.67. The van der Waals surface area contributed by atoms with Crippen LogP contribution in [0.5, 0.6) is 0 Å². The standard InChI is InChI=1S/C8H14O6/c1-2-6(14-8(11)12)4-3-5-13-7(9)10/h6H,2-5H2,1H3,(H,9,10)(H,11,12). The lowest BCUT2D eigenvalue weighted by atomic mass is 10.1. The maximum atomic E-state index is 10.2. The molecule has 0 saturated carbocycles. The van der Waals surface area contributed by atoms with Crippen molar-refractivity contribution in [2.24, 2.45) is 0 Å². The van der Waals surface area contributed by atoms with Crippen molar-refractivity contribution in [1.29, 1.82) is 0 Å². The minimum Gasteiger partial charge on any atom is -0.450 e. The van der Waals surface area contributed by atoms with Crippen molar-refractivity contribution in [1.82, 2.24) is 0 Å². The van der Waals surface area contributed by atoms with Gasteiger partial charge in [-0.25, -0.2) is 9.59 Å². The molecular weight excluding hydrogens is 192 g/mol. The van der Waals surface area contributed by atoms with E-state index in [4.69, 9.17) is 10.2 Å². The molecule has 0 bridgehead atoms. The fourth-order valence-electron chi connectivity index (χ4n) is 0.959. The van der Waals surface area contributed by atoms with Gasteiger partial charge in [0.2, 0.25) is 0 Å². The Hall–Kier alpha value is -1.46. The highest BCUT2D eigenvalue weighted by atomic mass is 16.7. The Balaban J connectivity index is 3.52. The fourth-order valence-corrected chi connectivity index (χ4v) is 0.959.